The molecule has 1 saturated heterocycles. The van der Waals surface area contributed by atoms with Gasteiger partial charge in [0, 0.05) is 13.7 Å². The molecule has 124 valence electrons. The third-order valence-corrected chi connectivity index (χ3v) is 5.28. The van der Waals surface area contributed by atoms with Gasteiger partial charge in [-0.25, -0.2) is 9.78 Å². The number of amides is 2. The minimum Gasteiger partial charge on any atom is -0.383 e. The number of ether oxygens (including phenoxy) is 1. The molecule has 0 bridgehead atoms. The lowest BCUT2D eigenvalue weighted by Gasteiger charge is -2.35. The molecular formula is C17H23N3O2S. The Kier molecular flexibility index (Phi) is 5.13. The lowest BCUT2D eigenvalue weighted by molar-refractivity contribution is 0.135. The maximum Gasteiger partial charge on any atom is 0.318 e. The summed E-state index contributed by atoms with van der Waals surface area (Å²) in [7, 11) is 1.65. The molecule has 1 aliphatic rings. The molecule has 0 radical (unpaired) electrons. The summed E-state index contributed by atoms with van der Waals surface area (Å²) in [5, 5.41) is 4.06. The monoisotopic (exact) mass is 333 g/mol. The molecule has 1 fully saturated rings. The van der Waals surface area contributed by atoms with E-state index in [1.54, 1.807) is 18.4 Å². The van der Waals surface area contributed by atoms with Gasteiger partial charge >= 0.3 is 6.03 Å². The number of carbonyl (C=O) groups excluding carboxylic acids is 1. The van der Waals surface area contributed by atoms with Crippen molar-refractivity contribution in [2.45, 2.75) is 38.3 Å². The van der Waals surface area contributed by atoms with Crippen molar-refractivity contribution in [2.24, 2.45) is 0 Å². The van der Waals surface area contributed by atoms with Crippen LogP contribution in [0.4, 0.5) is 4.79 Å². The maximum absolute atomic E-state index is 12.6. The van der Waals surface area contributed by atoms with Crippen LogP contribution in [0.5, 0.6) is 0 Å². The summed E-state index contributed by atoms with van der Waals surface area (Å²) in [6, 6.07) is 8.22. The Labute approximate surface area is 140 Å². The number of nitrogens with zero attached hydrogens (tertiary/aromatic N) is 2. The fraction of sp³-hybridized carbons (Fsp3) is 0.529. The number of likely N-dealkylation sites (tertiary alicyclic amines) is 1. The van der Waals surface area contributed by atoms with Crippen molar-refractivity contribution < 1.29 is 9.53 Å². The van der Waals surface area contributed by atoms with Gasteiger partial charge in [-0.1, -0.05) is 12.1 Å². The lowest BCUT2D eigenvalue weighted by Crippen LogP contribution is -2.48. The Morgan fingerprint density at radius 3 is 3.09 bits per heavy atom. The number of fused-ring (bicyclic) bond motifs is 1. The van der Waals surface area contributed by atoms with Crippen LogP contribution in [0.3, 0.4) is 0 Å². The van der Waals surface area contributed by atoms with Crippen LogP contribution < -0.4 is 5.32 Å². The number of methoxy groups -OCH3 is 1. The number of urea groups is 1. The Bertz CT molecular complexity index is 640. The third-order valence-electron chi connectivity index (χ3n) is 4.15. The summed E-state index contributed by atoms with van der Waals surface area (Å²) in [6.45, 7) is 3.26. The highest BCUT2D eigenvalue weighted by atomic mass is 32.1. The molecule has 1 aliphatic heterocycles. The summed E-state index contributed by atoms with van der Waals surface area (Å²) < 4.78 is 6.28. The minimum absolute atomic E-state index is 0.00504. The van der Waals surface area contributed by atoms with Crippen molar-refractivity contribution in [3.63, 3.8) is 0 Å². The first-order chi connectivity index (χ1) is 11.2. The van der Waals surface area contributed by atoms with Crippen LogP contribution in [0, 0.1) is 0 Å². The van der Waals surface area contributed by atoms with Gasteiger partial charge in [-0.3, -0.25) is 0 Å². The highest BCUT2D eigenvalue weighted by Gasteiger charge is 2.30. The maximum atomic E-state index is 12.6. The molecule has 0 unspecified atom stereocenters. The normalized spacial score (nSPS) is 19.7. The molecule has 23 heavy (non-hydrogen) atoms. The molecular weight excluding hydrogens is 310 g/mol. The fourth-order valence-corrected chi connectivity index (χ4v) is 4.16. The van der Waals surface area contributed by atoms with E-state index >= 15 is 0 Å². The van der Waals surface area contributed by atoms with Crippen molar-refractivity contribution >= 4 is 27.6 Å². The third kappa shape index (κ3) is 3.64. The van der Waals surface area contributed by atoms with Crippen molar-refractivity contribution in [1.29, 1.82) is 0 Å². The number of hydrogen-bond donors (Lipinski definition) is 1. The van der Waals surface area contributed by atoms with E-state index < -0.39 is 0 Å². The largest absolute Gasteiger partial charge is 0.383 e. The molecule has 0 spiro atoms. The van der Waals surface area contributed by atoms with Gasteiger partial charge in [0.2, 0.25) is 0 Å². The second kappa shape index (κ2) is 7.27. The molecule has 1 N–H and O–H groups in total. The average molecular weight is 333 g/mol. The predicted octanol–water partition coefficient (Wildman–Crippen LogP) is 3.57. The average Bonchev–Trinajstić information content (AvgIpc) is 2.99. The fourth-order valence-electron chi connectivity index (χ4n) is 3.05. The topological polar surface area (TPSA) is 54.5 Å². The van der Waals surface area contributed by atoms with Crippen LogP contribution in [0.25, 0.3) is 10.2 Å². The molecule has 2 heterocycles. The molecule has 2 atom stereocenters. The zero-order chi connectivity index (χ0) is 16.2. The number of aromatic nitrogens is 1. The van der Waals surface area contributed by atoms with Gasteiger partial charge in [0.1, 0.15) is 5.01 Å². The van der Waals surface area contributed by atoms with Gasteiger partial charge in [-0.15, -0.1) is 11.3 Å². The number of nitrogens with one attached hydrogen (secondary N) is 1. The Balaban J connectivity index is 1.79. The van der Waals surface area contributed by atoms with Crippen molar-refractivity contribution in [1.82, 2.24) is 15.2 Å². The molecule has 0 saturated carbocycles. The van der Waals surface area contributed by atoms with Gasteiger partial charge in [0.25, 0.3) is 0 Å². The van der Waals surface area contributed by atoms with Crippen LogP contribution in [-0.4, -0.2) is 42.2 Å². The van der Waals surface area contributed by atoms with Crippen LogP contribution in [-0.2, 0) is 4.74 Å². The van der Waals surface area contributed by atoms with Gasteiger partial charge in [0.15, 0.2) is 0 Å². The Hall–Kier alpha value is -1.66. The van der Waals surface area contributed by atoms with Gasteiger partial charge in [-0.05, 0) is 38.3 Å². The van der Waals surface area contributed by atoms with Gasteiger partial charge < -0.3 is 15.0 Å². The van der Waals surface area contributed by atoms with E-state index in [4.69, 9.17) is 9.72 Å². The second-order valence-electron chi connectivity index (χ2n) is 6.03. The summed E-state index contributed by atoms with van der Waals surface area (Å²) in [6.07, 6.45) is 3.16. The van der Waals surface area contributed by atoms with E-state index in [1.807, 2.05) is 30.0 Å². The van der Waals surface area contributed by atoms with E-state index in [0.29, 0.717) is 6.61 Å². The first-order valence-electron chi connectivity index (χ1n) is 8.10. The first kappa shape index (κ1) is 16.2. The molecule has 1 aromatic heterocycles. The summed E-state index contributed by atoms with van der Waals surface area (Å²) >= 11 is 1.70. The van der Waals surface area contributed by atoms with E-state index in [-0.39, 0.29) is 18.1 Å². The minimum atomic E-state index is -0.0153. The lowest BCUT2D eigenvalue weighted by atomic mass is 10.0. The molecule has 6 heteroatoms. The van der Waals surface area contributed by atoms with Gasteiger partial charge in [0.05, 0.1) is 28.9 Å². The number of carbonyl (C=O) groups is 1. The molecule has 3 rings (SSSR count). The standard InChI is InChI=1S/C17H23N3O2S/c1-12(11-22-2)18-17(21)20-10-6-5-8-14(20)16-19-13-7-3-4-9-15(13)23-16/h3-4,7,9,12,14H,5-6,8,10-11H2,1-2H3,(H,18,21)/t12-,14-/m0/s1. The van der Waals surface area contributed by atoms with Gasteiger partial charge in [-0.2, -0.15) is 0 Å². The molecule has 5 nitrogen and oxygen atoms in total. The molecule has 2 aromatic rings. The number of thiazole rings is 1. The quantitative estimate of drug-likeness (QED) is 0.930. The molecule has 0 aliphatic carbocycles. The highest BCUT2D eigenvalue weighted by molar-refractivity contribution is 7.18. The first-order valence-corrected chi connectivity index (χ1v) is 8.92. The summed E-state index contributed by atoms with van der Waals surface area (Å²) in [5.74, 6) is 0. The second-order valence-corrected chi connectivity index (χ2v) is 7.09. The predicted molar refractivity (Wildman–Crippen MR) is 92.8 cm³/mol. The van der Waals surface area contributed by atoms with E-state index in [0.717, 1.165) is 36.3 Å². The zero-order valence-corrected chi connectivity index (χ0v) is 14.4. The smallest absolute Gasteiger partial charge is 0.318 e. The van der Waals surface area contributed by atoms with Crippen LogP contribution in [0.15, 0.2) is 24.3 Å². The van der Waals surface area contributed by atoms with Crippen molar-refractivity contribution in [3.05, 3.63) is 29.3 Å². The van der Waals surface area contributed by atoms with E-state index in [1.165, 1.54) is 4.70 Å². The number of rotatable bonds is 4. The van der Waals surface area contributed by atoms with Crippen molar-refractivity contribution in [2.75, 3.05) is 20.3 Å². The summed E-state index contributed by atoms with van der Waals surface area (Å²) in [4.78, 5) is 19.3. The zero-order valence-electron chi connectivity index (χ0n) is 13.6. The number of para-hydroxylation sites is 1. The number of benzene rings is 1. The van der Waals surface area contributed by atoms with Crippen LogP contribution in [0.1, 0.15) is 37.2 Å². The van der Waals surface area contributed by atoms with Crippen molar-refractivity contribution in [3.8, 4) is 0 Å². The summed E-state index contributed by atoms with van der Waals surface area (Å²) in [5.41, 5.74) is 1.02. The van der Waals surface area contributed by atoms with Crippen LogP contribution >= 0.6 is 11.3 Å². The highest BCUT2D eigenvalue weighted by Crippen LogP contribution is 2.35. The Morgan fingerprint density at radius 1 is 1.48 bits per heavy atom. The van der Waals surface area contributed by atoms with E-state index in [9.17, 15) is 4.79 Å². The Morgan fingerprint density at radius 2 is 2.30 bits per heavy atom. The number of hydrogen-bond acceptors (Lipinski definition) is 4. The van der Waals surface area contributed by atoms with Crippen LogP contribution in [0.2, 0.25) is 0 Å². The van der Waals surface area contributed by atoms with E-state index in [2.05, 4.69) is 11.4 Å². The molecule has 1 aromatic carbocycles. The SMILES string of the molecule is COC[C@H](C)NC(=O)N1CCCC[C@H]1c1nc2ccccc2s1. The number of piperidine rings is 1. The molecule has 2 amide bonds.